The summed E-state index contributed by atoms with van der Waals surface area (Å²) in [5, 5.41) is 3.49. The molecule has 0 saturated heterocycles. The number of nitrogens with one attached hydrogen (secondary N) is 1. The van der Waals surface area contributed by atoms with Crippen molar-refractivity contribution in [3.8, 4) is 0 Å². The van der Waals surface area contributed by atoms with E-state index in [9.17, 15) is 0 Å². The maximum Gasteiger partial charge on any atom is 0.0809 e. The summed E-state index contributed by atoms with van der Waals surface area (Å²) in [6, 6.07) is 4.45. The zero-order chi connectivity index (χ0) is 14.2. The van der Waals surface area contributed by atoms with E-state index in [1.807, 2.05) is 11.3 Å². The highest BCUT2D eigenvalue weighted by Crippen LogP contribution is 2.24. The number of thiophene rings is 1. The topological polar surface area (TPSA) is 21.3 Å². The Labute approximate surface area is 127 Å². The van der Waals surface area contributed by atoms with Crippen LogP contribution in [-0.2, 0) is 17.9 Å². The summed E-state index contributed by atoms with van der Waals surface area (Å²) in [5.41, 5.74) is 0. The average Bonchev–Trinajstić information content (AvgIpc) is 2.87. The molecule has 3 heteroatoms. The van der Waals surface area contributed by atoms with Crippen molar-refractivity contribution >= 4 is 11.3 Å². The molecule has 1 N–H and O–H groups in total. The molecule has 0 atom stereocenters. The van der Waals surface area contributed by atoms with Crippen LogP contribution in [0.2, 0.25) is 0 Å². The average molecular weight is 295 g/mol. The van der Waals surface area contributed by atoms with Gasteiger partial charge in [-0.2, -0.15) is 0 Å². The van der Waals surface area contributed by atoms with Gasteiger partial charge >= 0.3 is 0 Å². The van der Waals surface area contributed by atoms with Gasteiger partial charge in [-0.25, -0.2) is 0 Å². The Bertz CT molecular complexity index is 369. The van der Waals surface area contributed by atoms with Crippen LogP contribution in [0.3, 0.4) is 0 Å². The van der Waals surface area contributed by atoms with E-state index >= 15 is 0 Å². The summed E-state index contributed by atoms with van der Waals surface area (Å²) in [6.45, 7) is 8.32. The molecule has 1 saturated carbocycles. The van der Waals surface area contributed by atoms with Gasteiger partial charge in [-0.15, -0.1) is 11.3 Å². The molecule has 1 fully saturated rings. The molecule has 1 aliphatic rings. The van der Waals surface area contributed by atoms with Crippen LogP contribution < -0.4 is 5.32 Å². The SMILES string of the molecule is CC(C)CNCc1ccc(COCC2CCCCC2)s1. The van der Waals surface area contributed by atoms with Gasteiger partial charge in [0.25, 0.3) is 0 Å². The summed E-state index contributed by atoms with van der Waals surface area (Å²) < 4.78 is 5.91. The number of hydrogen-bond acceptors (Lipinski definition) is 3. The van der Waals surface area contributed by atoms with Crippen molar-refractivity contribution in [1.29, 1.82) is 0 Å². The number of rotatable bonds is 8. The lowest BCUT2D eigenvalue weighted by molar-refractivity contribution is 0.0755. The molecule has 1 aromatic heterocycles. The van der Waals surface area contributed by atoms with E-state index in [-0.39, 0.29) is 0 Å². The van der Waals surface area contributed by atoms with Crippen molar-refractivity contribution in [2.45, 2.75) is 59.1 Å². The van der Waals surface area contributed by atoms with Crippen LogP contribution in [0.5, 0.6) is 0 Å². The van der Waals surface area contributed by atoms with Gasteiger partial charge in [0, 0.05) is 22.9 Å². The molecule has 1 heterocycles. The third-order valence-electron chi connectivity index (χ3n) is 3.89. The maximum absolute atomic E-state index is 5.91. The molecule has 0 radical (unpaired) electrons. The fraction of sp³-hybridized carbons (Fsp3) is 0.765. The smallest absolute Gasteiger partial charge is 0.0809 e. The third kappa shape index (κ3) is 5.94. The maximum atomic E-state index is 5.91. The summed E-state index contributed by atoms with van der Waals surface area (Å²) in [4.78, 5) is 2.78. The van der Waals surface area contributed by atoms with Crippen molar-refractivity contribution in [2.24, 2.45) is 11.8 Å². The van der Waals surface area contributed by atoms with Gasteiger partial charge in [0.15, 0.2) is 0 Å². The molecule has 1 aromatic rings. The minimum atomic E-state index is 0.716. The zero-order valence-corrected chi connectivity index (χ0v) is 13.8. The monoisotopic (exact) mass is 295 g/mol. The molecule has 20 heavy (non-hydrogen) atoms. The molecule has 2 rings (SSSR count). The van der Waals surface area contributed by atoms with Gasteiger partial charge in [0.2, 0.25) is 0 Å². The first-order valence-corrected chi connectivity index (χ1v) is 8.91. The van der Waals surface area contributed by atoms with E-state index in [0.29, 0.717) is 5.92 Å². The molecular weight excluding hydrogens is 266 g/mol. The Morgan fingerprint density at radius 2 is 1.95 bits per heavy atom. The summed E-state index contributed by atoms with van der Waals surface area (Å²) in [5.74, 6) is 1.53. The van der Waals surface area contributed by atoms with E-state index in [1.54, 1.807) is 0 Å². The normalized spacial score (nSPS) is 16.9. The van der Waals surface area contributed by atoms with Crippen LogP contribution in [0.4, 0.5) is 0 Å². The molecular formula is C17H29NOS. The molecule has 0 bridgehead atoms. The highest BCUT2D eigenvalue weighted by Gasteiger charge is 2.13. The van der Waals surface area contributed by atoms with E-state index in [0.717, 1.165) is 32.2 Å². The Balaban J connectivity index is 1.62. The fourth-order valence-electron chi connectivity index (χ4n) is 2.76. The molecule has 0 spiro atoms. The van der Waals surface area contributed by atoms with E-state index in [2.05, 4.69) is 31.3 Å². The van der Waals surface area contributed by atoms with Crippen molar-refractivity contribution in [3.05, 3.63) is 21.9 Å². The fourth-order valence-corrected chi connectivity index (χ4v) is 3.68. The molecule has 1 aliphatic carbocycles. The highest BCUT2D eigenvalue weighted by atomic mass is 32.1. The molecule has 0 aromatic carbocycles. The molecule has 0 amide bonds. The number of ether oxygens (including phenoxy) is 1. The Morgan fingerprint density at radius 3 is 2.70 bits per heavy atom. The van der Waals surface area contributed by atoms with Crippen LogP contribution in [0.1, 0.15) is 55.7 Å². The van der Waals surface area contributed by atoms with Gasteiger partial charge in [0.05, 0.1) is 6.61 Å². The van der Waals surface area contributed by atoms with Gasteiger partial charge in [-0.3, -0.25) is 0 Å². The Hall–Kier alpha value is -0.380. The van der Waals surface area contributed by atoms with Crippen molar-refractivity contribution in [3.63, 3.8) is 0 Å². The van der Waals surface area contributed by atoms with Crippen LogP contribution in [0.15, 0.2) is 12.1 Å². The standard InChI is InChI=1S/C17H29NOS/c1-14(2)10-18-11-16-8-9-17(20-16)13-19-12-15-6-4-3-5-7-15/h8-9,14-15,18H,3-7,10-13H2,1-2H3. The summed E-state index contributed by atoms with van der Waals surface area (Å²) in [6.07, 6.45) is 6.97. The lowest BCUT2D eigenvalue weighted by Gasteiger charge is -2.21. The summed E-state index contributed by atoms with van der Waals surface area (Å²) in [7, 11) is 0. The van der Waals surface area contributed by atoms with Crippen LogP contribution >= 0.6 is 11.3 Å². The lowest BCUT2D eigenvalue weighted by Crippen LogP contribution is -2.18. The second kappa shape index (κ2) is 8.81. The minimum absolute atomic E-state index is 0.716. The Morgan fingerprint density at radius 1 is 1.20 bits per heavy atom. The predicted octanol–water partition coefficient (Wildman–Crippen LogP) is 4.59. The van der Waals surface area contributed by atoms with E-state index in [4.69, 9.17) is 4.74 Å². The molecule has 114 valence electrons. The van der Waals surface area contributed by atoms with Gasteiger partial charge in [0.1, 0.15) is 0 Å². The highest BCUT2D eigenvalue weighted by molar-refractivity contribution is 7.11. The third-order valence-corrected chi connectivity index (χ3v) is 4.95. The van der Waals surface area contributed by atoms with Gasteiger partial charge in [-0.05, 0) is 43.4 Å². The molecule has 0 aliphatic heterocycles. The molecule has 0 unspecified atom stereocenters. The lowest BCUT2D eigenvalue weighted by atomic mass is 9.90. The first kappa shape index (κ1) is 16.0. The summed E-state index contributed by atoms with van der Waals surface area (Å²) >= 11 is 1.88. The van der Waals surface area contributed by atoms with Crippen molar-refractivity contribution < 1.29 is 4.74 Å². The van der Waals surface area contributed by atoms with Crippen LogP contribution in [0.25, 0.3) is 0 Å². The van der Waals surface area contributed by atoms with E-state index < -0.39 is 0 Å². The second-order valence-electron chi connectivity index (χ2n) is 6.41. The quantitative estimate of drug-likeness (QED) is 0.757. The van der Waals surface area contributed by atoms with Crippen molar-refractivity contribution in [2.75, 3.05) is 13.2 Å². The number of hydrogen-bond donors (Lipinski definition) is 1. The van der Waals surface area contributed by atoms with Crippen molar-refractivity contribution in [1.82, 2.24) is 5.32 Å². The Kier molecular flexibility index (Phi) is 7.05. The predicted molar refractivity (Wildman–Crippen MR) is 87.1 cm³/mol. The largest absolute Gasteiger partial charge is 0.376 e. The van der Waals surface area contributed by atoms with Gasteiger partial charge < -0.3 is 10.1 Å². The van der Waals surface area contributed by atoms with E-state index in [1.165, 1.54) is 41.9 Å². The van der Waals surface area contributed by atoms with Gasteiger partial charge in [-0.1, -0.05) is 33.1 Å². The minimum Gasteiger partial charge on any atom is -0.376 e. The molecule has 2 nitrogen and oxygen atoms in total. The first-order chi connectivity index (χ1) is 9.74. The first-order valence-electron chi connectivity index (χ1n) is 8.10. The second-order valence-corrected chi connectivity index (χ2v) is 7.66. The van der Waals surface area contributed by atoms with Crippen LogP contribution in [0, 0.1) is 11.8 Å². The van der Waals surface area contributed by atoms with Crippen LogP contribution in [-0.4, -0.2) is 13.2 Å². The zero-order valence-electron chi connectivity index (χ0n) is 13.0.